The molecule has 1 aromatic heterocycles. The van der Waals surface area contributed by atoms with Gasteiger partial charge >= 0.3 is 0 Å². The fraction of sp³-hybridized carbons (Fsp3) is 0.615. The topological polar surface area (TPSA) is 33.1 Å². The van der Waals surface area contributed by atoms with E-state index in [0.29, 0.717) is 5.92 Å². The van der Waals surface area contributed by atoms with E-state index in [9.17, 15) is 5.11 Å². The Morgan fingerprint density at radius 2 is 2.00 bits per heavy atom. The molecule has 2 nitrogen and oxygen atoms in total. The lowest BCUT2D eigenvalue weighted by Gasteiger charge is -2.30. The van der Waals surface area contributed by atoms with Crippen LogP contribution < -0.4 is 0 Å². The monoisotopic (exact) mass is 207 g/mol. The minimum absolute atomic E-state index is 0.110. The maximum absolute atomic E-state index is 10.1. The molecule has 1 heterocycles. The molecule has 0 radical (unpaired) electrons. The van der Waals surface area contributed by atoms with Crippen LogP contribution in [0, 0.1) is 5.92 Å². The van der Waals surface area contributed by atoms with Crippen molar-refractivity contribution in [3.8, 4) is 0 Å². The summed E-state index contributed by atoms with van der Waals surface area (Å²) < 4.78 is 0. The molecule has 0 amide bonds. The Balaban J connectivity index is 2.92. The maximum Gasteiger partial charge on any atom is 0.0675 e. The van der Waals surface area contributed by atoms with Gasteiger partial charge in [-0.3, -0.25) is 4.98 Å². The van der Waals surface area contributed by atoms with Gasteiger partial charge < -0.3 is 5.11 Å². The molecule has 0 saturated heterocycles. The summed E-state index contributed by atoms with van der Waals surface area (Å²) in [6, 6.07) is 5.87. The molecule has 0 aliphatic heterocycles. The summed E-state index contributed by atoms with van der Waals surface area (Å²) in [5.74, 6) is 0.669. The summed E-state index contributed by atoms with van der Waals surface area (Å²) in [5, 5.41) is 10.1. The number of aliphatic hydroxyl groups is 1. The molecular weight excluding hydrogens is 186 g/mol. The molecule has 0 aromatic carbocycles. The van der Waals surface area contributed by atoms with Gasteiger partial charge in [-0.2, -0.15) is 0 Å². The fourth-order valence-corrected chi connectivity index (χ4v) is 1.82. The second-order valence-corrected chi connectivity index (χ2v) is 5.09. The first-order chi connectivity index (χ1) is 6.91. The van der Waals surface area contributed by atoms with Crippen molar-refractivity contribution in [2.45, 2.75) is 45.6 Å². The summed E-state index contributed by atoms with van der Waals surface area (Å²) in [6.07, 6.45) is 2.74. The first-order valence-corrected chi connectivity index (χ1v) is 5.54. The summed E-state index contributed by atoms with van der Waals surface area (Å²) in [4.78, 5) is 4.34. The lowest BCUT2D eigenvalue weighted by molar-refractivity contribution is 0.0406. The van der Waals surface area contributed by atoms with Crippen LogP contribution in [0.2, 0.25) is 0 Å². The lowest BCUT2D eigenvalue weighted by Crippen LogP contribution is -2.30. The molecule has 0 bridgehead atoms. The van der Waals surface area contributed by atoms with Crippen molar-refractivity contribution in [1.82, 2.24) is 4.98 Å². The van der Waals surface area contributed by atoms with E-state index < -0.39 is 5.60 Å². The largest absolute Gasteiger partial charge is 0.390 e. The minimum Gasteiger partial charge on any atom is -0.390 e. The molecule has 0 fully saturated rings. The molecule has 1 unspecified atom stereocenters. The van der Waals surface area contributed by atoms with Crippen LogP contribution in [-0.2, 0) is 0 Å². The van der Waals surface area contributed by atoms with Gasteiger partial charge in [-0.05, 0) is 38.3 Å². The maximum atomic E-state index is 10.1. The highest BCUT2D eigenvalue weighted by Crippen LogP contribution is 2.32. The molecule has 1 atom stereocenters. The Morgan fingerprint density at radius 1 is 1.33 bits per heavy atom. The van der Waals surface area contributed by atoms with Gasteiger partial charge in [-0.1, -0.05) is 19.9 Å². The van der Waals surface area contributed by atoms with E-state index in [0.717, 1.165) is 12.1 Å². The molecule has 2 heteroatoms. The zero-order chi connectivity index (χ0) is 11.5. The van der Waals surface area contributed by atoms with E-state index in [1.807, 2.05) is 32.0 Å². The molecule has 0 aliphatic carbocycles. The second kappa shape index (κ2) is 4.75. The van der Waals surface area contributed by atoms with Crippen molar-refractivity contribution in [2.75, 3.05) is 0 Å². The standard InChI is InChI=1S/C13H21NO/c1-10(2)9-11(13(3,4)15)12-7-5-6-8-14-12/h5-8,10-11,15H,9H2,1-4H3. The number of hydrogen-bond donors (Lipinski definition) is 1. The number of nitrogens with zero attached hydrogens (tertiary/aromatic N) is 1. The van der Waals surface area contributed by atoms with Crippen molar-refractivity contribution in [1.29, 1.82) is 0 Å². The number of aromatic nitrogens is 1. The highest BCUT2D eigenvalue weighted by Gasteiger charge is 2.29. The van der Waals surface area contributed by atoms with Crippen LogP contribution in [0.4, 0.5) is 0 Å². The van der Waals surface area contributed by atoms with E-state index in [1.54, 1.807) is 6.20 Å². The van der Waals surface area contributed by atoms with Crippen LogP contribution in [0.3, 0.4) is 0 Å². The Bertz CT molecular complexity index is 287. The third-order valence-corrected chi connectivity index (χ3v) is 2.60. The second-order valence-electron chi connectivity index (χ2n) is 5.09. The number of pyridine rings is 1. The van der Waals surface area contributed by atoms with Crippen LogP contribution >= 0.6 is 0 Å². The van der Waals surface area contributed by atoms with Gasteiger partial charge in [-0.15, -0.1) is 0 Å². The van der Waals surface area contributed by atoms with E-state index in [2.05, 4.69) is 18.8 Å². The summed E-state index contributed by atoms with van der Waals surface area (Å²) in [7, 11) is 0. The smallest absolute Gasteiger partial charge is 0.0675 e. The van der Waals surface area contributed by atoms with Gasteiger partial charge in [0.25, 0.3) is 0 Å². The zero-order valence-electron chi connectivity index (χ0n) is 10.1. The first-order valence-electron chi connectivity index (χ1n) is 5.54. The third-order valence-electron chi connectivity index (χ3n) is 2.60. The van der Waals surface area contributed by atoms with Gasteiger partial charge in [0.2, 0.25) is 0 Å². The van der Waals surface area contributed by atoms with E-state index in [1.165, 1.54) is 0 Å². The highest BCUT2D eigenvalue weighted by atomic mass is 16.3. The van der Waals surface area contributed by atoms with Gasteiger partial charge in [0.1, 0.15) is 0 Å². The van der Waals surface area contributed by atoms with Crippen LogP contribution in [0.5, 0.6) is 0 Å². The predicted octanol–water partition coefficient (Wildman–Crippen LogP) is 2.98. The Morgan fingerprint density at radius 3 is 2.40 bits per heavy atom. The summed E-state index contributed by atoms with van der Waals surface area (Å²) >= 11 is 0. The Kier molecular flexibility index (Phi) is 3.86. The van der Waals surface area contributed by atoms with Crippen LogP contribution in [-0.4, -0.2) is 15.7 Å². The van der Waals surface area contributed by atoms with Crippen molar-refractivity contribution in [3.05, 3.63) is 30.1 Å². The van der Waals surface area contributed by atoms with Crippen molar-refractivity contribution >= 4 is 0 Å². The average Bonchev–Trinajstić information content (AvgIpc) is 2.14. The molecule has 15 heavy (non-hydrogen) atoms. The van der Waals surface area contributed by atoms with Gasteiger partial charge in [0.15, 0.2) is 0 Å². The number of hydrogen-bond acceptors (Lipinski definition) is 2. The van der Waals surface area contributed by atoms with Crippen molar-refractivity contribution in [3.63, 3.8) is 0 Å². The van der Waals surface area contributed by atoms with Crippen LogP contribution in [0.15, 0.2) is 24.4 Å². The first kappa shape index (κ1) is 12.2. The Hall–Kier alpha value is -0.890. The van der Waals surface area contributed by atoms with Crippen molar-refractivity contribution < 1.29 is 5.11 Å². The fourth-order valence-electron chi connectivity index (χ4n) is 1.82. The molecule has 1 N–H and O–H groups in total. The molecule has 0 saturated carbocycles. The Labute approximate surface area is 92.4 Å². The van der Waals surface area contributed by atoms with Gasteiger partial charge in [0.05, 0.1) is 5.60 Å². The predicted molar refractivity (Wildman–Crippen MR) is 62.7 cm³/mol. The zero-order valence-corrected chi connectivity index (χ0v) is 10.1. The SMILES string of the molecule is CC(C)CC(c1ccccn1)C(C)(C)O. The highest BCUT2D eigenvalue weighted by molar-refractivity contribution is 5.13. The van der Waals surface area contributed by atoms with E-state index >= 15 is 0 Å². The minimum atomic E-state index is -0.710. The van der Waals surface area contributed by atoms with Gasteiger partial charge in [-0.25, -0.2) is 0 Å². The van der Waals surface area contributed by atoms with E-state index in [4.69, 9.17) is 0 Å². The quantitative estimate of drug-likeness (QED) is 0.823. The lowest BCUT2D eigenvalue weighted by atomic mass is 9.81. The molecule has 0 spiro atoms. The normalized spacial score (nSPS) is 14.3. The van der Waals surface area contributed by atoms with Crippen LogP contribution in [0.25, 0.3) is 0 Å². The summed E-state index contributed by atoms with van der Waals surface area (Å²) in [5.41, 5.74) is 0.275. The van der Waals surface area contributed by atoms with Gasteiger partial charge in [0, 0.05) is 17.8 Å². The molecule has 0 aliphatic rings. The molecule has 84 valence electrons. The summed E-state index contributed by atoms with van der Waals surface area (Å²) in [6.45, 7) is 8.05. The van der Waals surface area contributed by atoms with Crippen LogP contribution in [0.1, 0.15) is 45.7 Å². The van der Waals surface area contributed by atoms with E-state index in [-0.39, 0.29) is 5.92 Å². The third kappa shape index (κ3) is 3.63. The molecule has 1 rings (SSSR count). The number of rotatable bonds is 4. The molecular formula is C13H21NO. The molecule has 1 aromatic rings. The average molecular weight is 207 g/mol. The van der Waals surface area contributed by atoms with Crippen molar-refractivity contribution in [2.24, 2.45) is 5.92 Å².